The Morgan fingerprint density at radius 3 is 2.21 bits per heavy atom. The molecule has 0 aromatic heterocycles. The smallest absolute Gasteiger partial charge is 0.182 e. The van der Waals surface area contributed by atoms with Gasteiger partial charge < -0.3 is 15.2 Å². The summed E-state index contributed by atoms with van der Waals surface area (Å²) in [7, 11) is -1.13. The number of halogens is 1. The van der Waals surface area contributed by atoms with Gasteiger partial charge >= 0.3 is 0 Å². The van der Waals surface area contributed by atoms with Crippen molar-refractivity contribution in [3.05, 3.63) is 17.4 Å². The van der Waals surface area contributed by atoms with E-state index in [-0.39, 0.29) is 17.5 Å². The van der Waals surface area contributed by atoms with Crippen LogP contribution in [0.1, 0.15) is 12.5 Å². The van der Waals surface area contributed by atoms with Gasteiger partial charge in [-0.25, -0.2) is 12.8 Å². The Hall–Kier alpha value is -1.34. The molecule has 1 rings (SSSR count). The van der Waals surface area contributed by atoms with Gasteiger partial charge in [-0.1, -0.05) is 0 Å². The molecule has 1 aromatic rings. The van der Waals surface area contributed by atoms with E-state index in [2.05, 4.69) is 0 Å². The molecule has 0 fully saturated rings. The molecule has 0 aliphatic carbocycles. The van der Waals surface area contributed by atoms with Crippen molar-refractivity contribution >= 4 is 9.84 Å². The van der Waals surface area contributed by atoms with Crippen LogP contribution in [-0.2, 0) is 16.3 Å². The van der Waals surface area contributed by atoms with Crippen LogP contribution in [0.25, 0.3) is 0 Å². The van der Waals surface area contributed by atoms with Gasteiger partial charge in [0, 0.05) is 17.9 Å². The Balaban J connectivity index is 3.63. The highest BCUT2D eigenvalue weighted by molar-refractivity contribution is 7.90. The Labute approximate surface area is 112 Å². The van der Waals surface area contributed by atoms with Crippen LogP contribution in [0.4, 0.5) is 4.39 Å². The first-order chi connectivity index (χ1) is 8.72. The highest BCUT2D eigenvalue weighted by atomic mass is 32.2. The van der Waals surface area contributed by atoms with Crippen LogP contribution >= 0.6 is 0 Å². The van der Waals surface area contributed by atoms with Crippen LogP contribution in [0.3, 0.4) is 0 Å². The van der Waals surface area contributed by atoms with E-state index < -0.39 is 20.5 Å². The van der Waals surface area contributed by atoms with E-state index in [1.807, 2.05) is 0 Å². The molecule has 0 aliphatic heterocycles. The lowest BCUT2D eigenvalue weighted by Crippen LogP contribution is -2.19. The van der Waals surface area contributed by atoms with Crippen LogP contribution in [0.5, 0.6) is 11.5 Å². The number of nitrogens with two attached hydrogens (primary N) is 1. The third-order valence-electron chi connectivity index (χ3n) is 2.54. The van der Waals surface area contributed by atoms with Gasteiger partial charge in [-0.2, -0.15) is 0 Å². The third-order valence-corrected chi connectivity index (χ3v) is 3.66. The summed E-state index contributed by atoms with van der Waals surface area (Å²) in [6.45, 7) is 1.76. The molecule has 2 N–H and O–H groups in total. The maximum atomic E-state index is 14.0. The number of hydrogen-bond acceptors (Lipinski definition) is 5. The van der Waals surface area contributed by atoms with Crippen LogP contribution in [0.2, 0.25) is 0 Å². The lowest BCUT2D eigenvalue weighted by Gasteiger charge is -2.17. The average Bonchev–Trinajstić information content (AvgIpc) is 2.25. The lowest BCUT2D eigenvalue weighted by atomic mass is 10.1. The standard InChI is InChI=1S/C12H18FNO4S/c1-7(14)5-8-6-9(13)12(19(4,15)16)11(18-3)10(8)17-2/h6-7H,5,14H2,1-4H3. The van der Waals surface area contributed by atoms with Gasteiger partial charge in [0.1, 0.15) is 10.7 Å². The van der Waals surface area contributed by atoms with Crippen molar-refractivity contribution in [3.63, 3.8) is 0 Å². The first-order valence-corrected chi connectivity index (χ1v) is 7.50. The number of ether oxygens (including phenoxy) is 2. The molecule has 1 aromatic carbocycles. The zero-order valence-electron chi connectivity index (χ0n) is 11.4. The number of rotatable bonds is 5. The van der Waals surface area contributed by atoms with Gasteiger partial charge in [-0.05, 0) is 19.4 Å². The van der Waals surface area contributed by atoms with Crippen molar-refractivity contribution in [2.75, 3.05) is 20.5 Å². The first-order valence-electron chi connectivity index (χ1n) is 5.61. The van der Waals surface area contributed by atoms with Crippen molar-refractivity contribution in [1.29, 1.82) is 0 Å². The fourth-order valence-electron chi connectivity index (χ4n) is 1.89. The van der Waals surface area contributed by atoms with Crippen LogP contribution in [-0.4, -0.2) is 34.9 Å². The highest BCUT2D eigenvalue weighted by Gasteiger charge is 2.26. The predicted octanol–water partition coefficient (Wildman–Crippen LogP) is 1.14. The number of benzene rings is 1. The summed E-state index contributed by atoms with van der Waals surface area (Å²) in [5.74, 6) is -0.793. The molecule has 7 heteroatoms. The first kappa shape index (κ1) is 15.7. The monoisotopic (exact) mass is 291 g/mol. The summed E-state index contributed by atoms with van der Waals surface area (Å²) in [5, 5.41) is 0. The van der Waals surface area contributed by atoms with E-state index >= 15 is 0 Å². The van der Waals surface area contributed by atoms with Gasteiger partial charge in [0.2, 0.25) is 0 Å². The molecule has 0 radical (unpaired) electrons. The van der Waals surface area contributed by atoms with Gasteiger partial charge in [0.25, 0.3) is 0 Å². The van der Waals surface area contributed by atoms with E-state index in [1.54, 1.807) is 6.92 Å². The van der Waals surface area contributed by atoms with E-state index in [0.29, 0.717) is 12.0 Å². The number of methoxy groups -OCH3 is 2. The summed E-state index contributed by atoms with van der Waals surface area (Å²) < 4.78 is 47.4. The fraction of sp³-hybridized carbons (Fsp3) is 0.500. The minimum absolute atomic E-state index is 0.124. The van der Waals surface area contributed by atoms with E-state index in [0.717, 1.165) is 12.3 Å². The van der Waals surface area contributed by atoms with Crippen LogP contribution in [0.15, 0.2) is 11.0 Å². The minimum Gasteiger partial charge on any atom is -0.493 e. The van der Waals surface area contributed by atoms with Crippen LogP contribution < -0.4 is 15.2 Å². The van der Waals surface area contributed by atoms with Crippen molar-refractivity contribution in [2.24, 2.45) is 5.73 Å². The molecule has 1 unspecified atom stereocenters. The zero-order valence-corrected chi connectivity index (χ0v) is 12.2. The fourth-order valence-corrected chi connectivity index (χ4v) is 2.82. The largest absolute Gasteiger partial charge is 0.493 e. The summed E-state index contributed by atoms with van der Waals surface area (Å²) in [5.41, 5.74) is 6.15. The molecule has 19 heavy (non-hydrogen) atoms. The molecular weight excluding hydrogens is 273 g/mol. The summed E-state index contributed by atoms with van der Waals surface area (Å²) >= 11 is 0. The molecule has 0 aliphatic rings. The highest BCUT2D eigenvalue weighted by Crippen LogP contribution is 2.39. The molecule has 1 atom stereocenters. The number of sulfone groups is 1. The second kappa shape index (κ2) is 5.75. The van der Waals surface area contributed by atoms with Gasteiger partial charge in [-0.3, -0.25) is 0 Å². The molecule has 0 amide bonds. The van der Waals surface area contributed by atoms with Crippen molar-refractivity contribution in [3.8, 4) is 11.5 Å². The summed E-state index contributed by atoms with van der Waals surface area (Å²) in [4.78, 5) is -0.500. The Morgan fingerprint density at radius 2 is 1.84 bits per heavy atom. The van der Waals surface area contributed by atoms with Crippen molar-refractivity contribution in [2.45, 2.75) is 24.3 Å². The van der Waals surface area contributed by atoms with Gasteiger partial charge in [0.15, 0.2) is 21.3 Å². The van der Waals surface area contributed by atoms with E-state index in [1.165, 1.54) is 14.2 Å². The molecule has 0 spiro atoms. The SMILES string of the molecule is COc1c(CC(C)N)cc(F)c(S(C)(=O)=O)c1OC. The van der Waals surface area contributed by atoms with Gasteiger partial charge in [0.05, 0.1) is 14.2 Å². The zero-order chi connectivity index (χ0) is 14.8. The van der Waals surface area contributed by atoms with E-state index in [4.69, 9.17) is 15.2 Å². The molecule has 0 bridgehead atoms. The maximum Gasteiger partial charge on any atom is 0.182 e. The average molecular weight is 291 g/mol. The third kappa shape index (κ3) is 3.36. The number of hydrogen-bond donors (Lipinski definition) is 1. The Kier molecular flexibility index (Phi) is 4.75. The molecule has 0 saturated carbocycles. The maximum absolute atomic E-state index is 14.0. The summed E-state index contributed by atoms with van der Waals surface area (Å²) in [6, 6.07) is 0.906. The van der Waals surface area contributed by atoms with Crippen molar-refractivity contribution < 1.29 is 22.3 Å². The quantitative estimate of drug-likeness (QED) is 0.880. The topological polar surface area (TPSA) is 78.6 Å². The lowest BCUT2D eigenvalue weighted by molar-refractivity contribution is 0.337. The normalized spacial score (nSPS) is 13.2. The predicted molar refractivity (Wildman–Crippen MR) is 70.0 cm³/mol. The molecular formula is C12H18FNO4S. The minimum atomic E-state index is -3.77. The van der Waals surface area contributed by atoms with Crippen LogP contribution in [0, 0.1) is 5.82 Å². The van der Waals surface area contributed by atoms with Crippen molar-refractivity contribution in [1.82, 2.24) is 0 Å². The molecule has 108 valence electrons. The molecule has 5 nitrogen and oxygen atoms in total. The Morgan fingerprint density at radius 1 is 1.32 bits per heavy atom. The second-order valence-corrected chi connectivity index (χ2v) is 6.32. The van der Waals surface area contributed by atoms with Gasteiger partial charge in [-0.15, -0.1) is 0 Å². The Bertz CT molecular complexity index is 570. The van der Waals surface area contributed by atoms with E-state index in [9.17, 15) is 12.8 Å². The second-order valence-electron chi connectivity index (χ2n) is 4.37. The molecule has 0 saturated heterocycles. The summed E-state index contributed by atoms with van der Waals surface area (Å²) in [6.07, 6.45) is 1.26. The molecule has 0 heterocycles.